The highest BCUT2D eigenvalue weighted by Gasteiger charge is 2.45. The minimum atomic E-state index is -0.710. The summed E-state index contributed by atoms with van der Waals surface area (Å²) in [5, 5.41) is 0. The summed E-state index contributed by atoms with van der Waals surface area (Å²) in [6, 6.07) is 2.77. The standard InChI is InChI=1S/C20H25F2NO4/c1-20(2,3)27-19(25)23-15-6-13(7-16(23)11-26-10-15)18(24)8-12-4-5-14(21)9-17(12)22/h4-5,9,13,15-16H,6-8,10-11H2,1-3H3. The normalized spacial score (nSPS) is 25.2. The van der Waals surface area contributed by atoms with Gasteiger partial charge in [0.05, 0.1) is 25.3 Å². The molecule has 27 heavy (non-hydrogen) atoms. The van der Waals surface area contributed by atoms with Crippen LogP contribution < -0.4 is 0 Å². The summed E-state index contributed by atoms with van der Waals surface area (Å²) in [6.07, 6.45) is 0.439. The van der Waals surface area contributed by atoms with Crippen molar-refractivity contribution < 1.29 is 27.8 Å². The van der Waals surface area contributed by atoms with Crippen molar-refractivity contribution >= 4 is 11.9 Å². The van der Waals surface area contributed by atoms with Gasteiger partial charge in [-0.15, -0.1) is 0 Å². The maximum atomic E-state index is 13.9. The van der Waals surface area contributed by atoms with Gasteiger partial charge in [-0.2, -0.15) is 0 Å². The van der Waals surface area contributed by atoms with Gasteiger partial charge in [0.25, 0.3) is 0 Å². The molecule has 0 saturated carbocycles. The monoisotopic (exact) mass is 381 g/mol. The van der Waals surface area contributed by atoms with Gasteiger partial charge in [-0.1, -0.05) is 6.07 Å². The van der Waals surface area contributed by atoms with Crippen molar-refractivity contribution in [2.24, 2.45) is 5.92 Å². The Hall–Kier alpha value is -2.02. The highest BCUT2D eigenvalue weighted by molar-refractivity contribution is 5.84. The summed E-state index contributed by atoms with van der Waals surface area (Å²) < 4.78 is 38.0. The van der Waals surface area contributed by atoms with E-state index in [1.807, 2.05) is 20.8 Å². The van der Waals surface area contributed by atoms with Crippen LogP contribution in [0.4, 0.5) is 13.6 Å². The van der Waals surface area contributed by atoms with Crippen LogP contribution in [0.5, 0.6) is 0 Å². The molecule has 0 spiro atoms. The number of ketones is 1. The van der Waals surface area contributed by atoms with Gasteiger partial charge in [0, 0.05) is 18.4 Å². The van der Waals surface area contributed by atoms with E-state index in [9.17, 15) is 18.4 Å². The van der Waals surface area contributed by atoms with Gasteiger partial charge in [0.15, 0.2) is 0 Å². The molecule has 2 atom stereocenters. The molecule has 0 N–H and O–H groups in total. The summed E-state index contributed by atoms with van der Waals surface area (Å²) in [4.78, 5) is 26.9. The number of rotatable bonds is 3. The van der Waals surface area contributed by atoms with Gasteiger partial charge >= 0.3 is 6.09 Å². The van der Waals surface area contributed by atoms with Crippen LogP contribution in [0.15, 0.2) is 18.2 Å². The first-order chi connectivity index (χ1) is 12.6. The molecule has 1 aromatic rings. The number of fused-ring (bicyclic) bond motifs is 2. The lowest BCUT2D eigenvalue weighted by molar-refractivity contribution is -0.131. The molecular formula is C20H25F2NO4. The first kappa shape index (κ1) is 19.7. The number of morpholine rings is 1. The van der Waals surface area contributed by atoms with Gasteiger partial charge in [0.2, 0.25) is 0 Å². The number of hydrogen-bond donors (Lipinski definition) is 0. The average molecular weight is 381 g/mol. The van der Waals surface area contributed by atoms with Crippen molar-refractivity contribution in [1.82, 2.24) is 4.90 Å². The number of amides is 1. The van der Waals surface area contributed by atoms with E-state index in [1.54, 1.807) is 4.90 Å². The number of benzene rings is 1. The molecule has 5 nitrogen and oxygen atoms in total. The highest BCUT2D eigenvalue weighted by Crippen LogP contribution is 2.34. The fourth-order valence-corrected chi connectivity index (χ4v) is 3.79. The summed E-state index contributed by atoms with van der Waals surface area (Å²) >= 11 is 0. The third-order valence-corrected chi connectivity index (χ3v) is 4.96. The molecule has 1 amide bonds. The van der Waals surface area contributed by atoms with Gasteiger partial charge in [0.1, 0.15) is 23.0 Å². The molecule has 0 aliphatic carbocycles. The number of carbonyl (C=O) groups is 2. The molecule has 2 saturated heterocycles. The summed E-state index contributed by atoms with van der Waals surface area (Å²) in [5.41, 5.74) is -0.406. The van der Waals surface area contributed by atoms with E-state index < -0.39 is 23.3 Å². The highest BCUT2D eigenvalue weighted by atomic mass is 19.1. The molecule has 1 aromatic carbocycles. The maximum absolute atomic E-state index is 13.9. The molecule has 2 bridgehead atoms. The smallest absolute Gasteiger partial charge is 0.410 e. The third kappa shape index (κ3) is 4.64. The Morgan fingerprint density at radius 1 is 1.19 bits per heavy atom. The SMILES string of the molecule is CC(C)(C)OC(=O)N1C2COCC1CC(C(=O)Cc1ccc(F)cc1F)C2. The Kier molecular flexibility index (Phi) is 5.51. The first-order valence-corrected chi connectivity index (χ1v) is 9.20. The minimum Gasteiger partial charge on any atom is -0.444 e. The van der Waals surface area contributed by atoms with E-state index in [2.05, 4.69) is 0 Å². The van der Waals surface area contributed by atoms with E-state index in [1.165, 1.54) is 6.07 Å². The van der Waals surface area contributed by atoms with Crippen molar-refractivity contribution in [3.63, 3.8) is 0 Å². The van der Waals surface area contributed by atoms with Crippen LogP contribution in [0, 0.1) is 17.6 Å². The Labute approximate surface area is 157 Å². The van der Waals surface area contributed by atoms with Gasteiger partial charge < -0.3 is 9.47 Å². The van der Waals surface area contributed by atoms with Crippen LogP contribution in [-0.4, -0.2) is 47.7 Å². The molecule has 2 fully saturated rings. The zero-order valence-electron chi connectivity index (χ0n) is 15.8. The number of halogens is 2. The van der Waals surface area contributed by atoms with E-state index in [-0.39, 0.29) is 35.8 Å². The van der Waals surface area contributed by atoms with E-state index >= 15 is 0 Å². The second kappa shape index (κ2) is 7.54. The Morgan fingerprint density at radius 3 is 2.37 bits per heavy atom. The fourth-order valence-electron chi connectivity index (χ4n) is 3.79. The lowest BCUT2D eigenvalue weighted by Crippen LogP contribution is -2.60. The van der Waals surface area contributed by atoms with E-state index in [0.29, 0.717) is 26.1 Å². The van der Waals surface area contributed by atoms with Gasteiger partial charge in [-0.3, -0.25) is 9.69 Å². The minimum absolute atomic E-state index is 0.0798. The average Bonchev–Trinajstić information content (AvgIpc) is 2.54. The molecule has 0 radical (unpaired) electrons. The zero-order chi connectivity index (χ0) is 19.8. The predicted octanol–water partition coefficient (Wildman–Crippen LogP) is 3.49. The van der Waals surface area contributed by atoms with Gasteiger partial charge in [-0.25, -0.2) is 13.6 Å². The number of hydrogen-bond acceptors (Lipinski definition) is 4. The van der Waals surface area contributed by atoms with Crippen LogP contribution >= 0.6 is 0 Å². The van der Waals surface area contributed by atoms with E-state index in [0.717, 1.165) is 12.1 Å². The van der Waals surface area contributed by atoms with Crippen molar-refractivity contribution in [1.29, 1.82) is 0 Å². The zero-order valence-corrected chi connectivity index (χ0v) is 15.8. The summed E-state index contributed by atoms with van der Waals surface area (Å²) in [7, 11) is 0. The maximum Gasteiger partial charge on any atom is 0.410 e. The number of ether oxygens (including phenoxy) is 2. The topological polar surface area (TPSA) is 55.8 Å². The van der Waals surface area contributed by atoms with Crippen molar-refractivity contribution in [2.45, 2.75) is 57.7 Å². The van der Waals surface area contributed by atoms with Crippen LogP contribution in [0.1, 0.15) is 39.2 Å². The van der Waals surface area contributed by atoms with Crippen LogP contribution in [-0.2, 0) is 20.7 Å². The first-order valence-electron chi connectivity index (χ1n) is 9.20. The molecule has 2 unspecified atom stereocenters. The second-order valence-electron chi connectivity index (χ2n) is 8.28. The number of piperidine rings is 1. The molecule has 148 valence electrons. The van der Waals surface area contributed by atoms with Crippen molar-refractivity contribution in [2.75, 3.05) is 13.2 Å². The summed E-state index contributed by atoms with van der Waals surface area (Å²) in [5.74, 6) is -1.76. The van der Waals surface area contributed by atoms with E-state index in [4.69, 9.17) is 9.47 Å². The number of carbonyl (C=O) groups excluding carboxylic acids is 2. The van der Waals surface area contributed by atoms with Gasteiger partial charge in [-0.05, 0) is 45.2 Å². The van der Waals surface area contributed by atoms with Crippen LogP contribution in [0.3, 0.4) is 0 Å². The second-order valence-corrected chi connectivity index (χ2v) is 8.28. The predicted molar refractivity (Wildman–Crippen MR) is 94.3 cm³/mol. The number of Topliss-reactive ketones (excluding diaryl/α,β-unsaturated/α-hetero) is 1. The Balaban J connectivity index is 1.68. The molecule has 2 heterocycles. The molecule has 3 rings (SSSR count). The van der Waals surface area contributed by atoms with Crippen LogP contribution in [0.2, 0.25) is 0 Å². The molecule has 0 aromatic heterocycles. The molecule has 2 aliphatic rings. The third-order valence-electron chi connectivity index (χ3n) is 4.96. The number of nitrogens with zero attached hydrogens (tertiary/aromatic N) is 1. The molecule has 7 heteroatoms. The Bertz CT molecular complexity index is 717. The summed E-state index contributed by atoms with van der Waals surface area (Å²) in [6.45, 7) is 6.13. The fraction of sp³-hybridized carbons (Fsp3) is 0.600. The quantitative estimate of drug-likeness (QED) is 0.804. The largest absolute Gasteiger partial charge is 0.444 e. The van der Waals surface area contributed by atoms with Crippen LogP contribution in [0.25, 0.3) is 0 Å². The Morgan fingerprint density at radius 2 is 1.81 bits per heavy atom. The molecule has 2 aliphatic heterocycles. The van der Waals surface area contributed by atoms with Crippen molar-refractivity contribution in [3.05, 3.63) is 35.4 Å². The lowest BCUT2D eigenvalue weighted by Gasteiger charge is -2.47. The molecular weight excluding hydrogens is 356 g/mol. The van der Waals surface area contributed by atoms with Crippen molar-refractivity contribution in [3.8, 4) is 0 Å². The lowest BCUT2D eigenvalue weighted by atomic mass is 9.81.